The Kier molecular flexibility index (Phi) is 6.94. The van der Waals surface area contributed by atoms with Gasteiger partial charge in [-0.25, -0.2) is 0 Å². The first kappa shape index (κ1) is 14.5. The number of halogens is 1. The Bertz CT molecular complexity index is 187. The average molecular weight is 291 g/mol. The third kappa shape index (κ3) is 4.72. The number of likely N-dealkylation sites (N-methyl/N-ethyl adjacent to an activating group) is 2. The third-order valence-corrected chi connectivity index (χ3v) is 4.60. The highest BCUT2D eigenvalue weighted by atomic mass is 79.9. The van der Waals surface area contributed by atoms with Crippen molar-refractivity contribution in [3.05, 3.63) is 0 Å². The first-order valence-corrected chi connectivity index (χ1v) is 7.74. The highest BCUT2D eigenvalue weighted by Crippen LogP contribution is 2.17. The molecular formula is C13H27BrN2. The summed E-state index contributed by atoms with van der Waals surface area (Å²) in [5.41, 5.74) is 0. The first-order chi connectivity index (χ1) is 7.67. The van der Waals surface area contributed by atoms with Crippen molar-refractivity contribution in [1.82, 2.24) is 9.80 Å². The van der Waals surface area contributed by atoms with Crippen LogP contribution in [0.15, 0.2) is 0 Å². The van der Waals surface area contributed by atoms with Gasteiger partial charge in [-0.15, -0.1) is 0 Å². The first-order valence-electron chi connectivity index (χ1n) is 6.62. The number of alkyl halides is 1. The summed E-state index contributed by atoms with van der Waals surface area (Å²) in [6.07, 6.45) is 5.38. The molecule has 0 aromatic carbocycles. The van der Waals surface area contributed by atoms with Crippen molar-refractivity contribution in [2.45, 2.75) is 38.6 Å². The largest absolute Gasteiger partial charge is 0.305 e. The minimum Gasteiger partial charge on any atom is -0.305 e. The fraction of sp³-hybridized carbons (Fsp3) is 1.00. The number of likely N-dealkylation sites (tertiary alicyclic amines) is 1. The molecule has 1 heterocycles. The van der Waals surface area contributed by atoms with Crippen molar-refractivity contribution in [1.29, 1.82) is 0 Å². The quantitative estimate of drug-likeness (QED) is 0.694. The normalized spacial score (nSPS) is 24.9. The Labute approximate surface area is 109 Å². The number of rotatable bonds is 6. The number of piperidine rings is 1. The lowest BCUT2D eigenvalue weighted by atomic mass is 10.0. The van der Waals surface area contributed by atoms with Crippen LogP contribution in [-0.4, -0.2) is 54.9 Å². The molecule has 2 nitrogen and oxygen atoms in total. The molecule has 2 atom stereocenters. The molecule has 0 radical (unpaired) electrons. The van der Waals surface area contributed by atoms with Crippen LogP contribution in [0.3, 0.4) is 0 Å². The van der Waals surface area contributed by atoms with E-state index >= 15 is 0 Å². The van der Waals surface area contributed by atoms with Crippen LogP contribution in [0, 0.1) is 5.92 Å². The average Bonchev–Trinajstić information content (AvgIpc) is 2.28. The van der Waals surface area contributed by atoms with Gasteiger partial charge in [0.1, 0.15) is 0 Å². The van der Waals surface area contributed by atoms with E-state index in [9.17, 15) is 0 Å². The van der Waals surface area contributed by atoms with Gasteiger partial charge in [0.25, 0.3) is 0 Å². The van der Waals surface area contributed by atoms with Crippen LogP contribution in [0.5, 0.6) is 0 Å². The molecule has 0 spiro atoms. The van der Waals surface area contributed by atoms with Crippen LogP contribution in [0.1, 0.15) is 32.6 Å². The summed E-state index contributed by atoms with van der Waals surface area (Å²) >= 11 is 3.64. The molecule has 0 aromatic heterocycles. The Morgan fingerprint density at radius 3 is 2.81 bits per heavy atom. The monoisotopic (exact) mass is 290 g/mol. The van der Waals surface area contributed by atoms with Crippen molar-refractivity contribution in [3.63, 3.8) is 0 Å². The highest BCUT2D eigenvalue weighted by Gasteiger charge is 2.22. The minimum absolute atomic E-state index is 0.775. The van der Waals surface area contributed by atoms with Gasteiger partial charge in [0, 0.05) is 24.5 Å². The van der Waals surface area contributed by atoms with Crippen molar-refractivity contribution in [3.8, 4) is 0 Å². The third-order valence-electron chi connectivity index (χ3n) is 3.68. The molecule has 1 saturated heterocycles. The Hall–Kier alpha value is 0.400. The Morgan fingerprint density at radius 2 is 2.25 bits per heavy atom. The summed E-state index contributed by atoms with van der Waals surface area (Å²) in [5.74, 6) is 0.822. The van der Waals surface area contributed by atoms with E-state index in [4.69, 9.17) is 0 Å². The van der Waals surface area contributed by atoms with Crippen molar-refractivity contribution in [2.24, 2.45) is 5.92 Å². The molecule has 0 bridgehead atoms. The molecule has 3 heteroatoms. The molecule has 2 unspecified atom stereocenters. The molecule has 1 fully saturated rings. The fourth-order valence-corrected chi connectivity index (χ4v) is 3.21. The lowest BCUT2D eigenvalue weighted by Gasteiger charge is -2.37. The molecule has 0 aromatic rings. The molecule has 1 aliphatic rings. The Morgan fingerprint density at radius 1 is 1.50 bits per heavy atom. The van der Waals surface area contributed by atoms with Crippen molar-refractivity contribution < 1.29 is 0 Å². The Balaban J connectivity index is 2.34. The van der Waals surface area contributed by atoms with Gasteiger partial charge in [-0.2, -0.15) is 0 Å². The highest BCUT2D eigenvalue weighted by molar-refractivity contribution is 9.09. The summed E-state index contributed by atoms with van der Waals surface area (Å²) in [6.45, 7) is 6.06. The van der Waals surface area contributed by atoms with Gasteiger partial charge in [-0.1, -0.05) is 29.3 Å². The summed E-state index contributed by atoms with van der Waals surface area (Å²) in [5, 5.41) is 1.15. The molecule has 0 N–H and O–H groups in total. The summed E-state index contributed by atoms with van der Waals surface area (Å²) in [4.78, 5) is 5.05. The predicted octanol–water partition coefficient (Wildman–Crippen LogP) is 2.82. The maximum atomic E-state index is 3.64. The zero-order chi connectivity index (χ0) is 12.0. The van der Waals surface area contributed by atoms with Gasteiger partial charge in [0.15, 0.2) is 0 Å². The molecule has 16 heavy (non-hydrogen) atoms. The number of nitrogens with zero attached hydrogens (tertiary/aromatic N) is 2. The molecule has 0 amide bonds. The van der Waals surface area contributed by atoms with Crippen LogP contribution in [0.2, 0.25) is 0 Å². The van der Waals surface area contributed by atoms with E-state index < -0.39 is 0 Å². The van der Waals surface area contributed by atoms with Gasteiger partial charge in [0.05, 0.1) is 0 Å². The maximum absolute atomic E-state index is 3.64. The van der Waals surface area contributed by atoms with Gasteiger partial charge >= 0.3 is 0 Å². The molecule has 0 saturated carbocycles. The fourth-order valence-electron chi connectivity index (χ4n) is 2.68. The smallest absolute Gasteiger partial charge is 0.0220 e. The second kappa shape index (κ2) is 7.67. The lowest BCUT2D eigenvalue weighted by Crippen LogP contribution is -2.46. The lowest BCUT2D eigenvalue weighted by molar-refractivity contribution is 0.121. The van der Waals surface area contributed by atoms with E-state index in [0.29, 0.717) is 0 Å². The molecule has 0 aliphatic carbocycles. The zero-order valence-electron chi connectivity index (χ0n) is 11.1. The second-order valence-electron chi connectivity index (χ2n) is 5.31. The van der Waals surface area contributed by atoms with Gasteiger partial charge in [0.2, 0.25) is 0 Å². The molecule has 96 valence electrons. The van der Waals surface area contributed by atoms with Gasteiger partial charge in [-0.05, 0) is 45.8 Å². The van der Waals surface area contributed by atoms with E-state index in [-0.39, 0.29) is 0 Å². The van der Waals surface area contributed by atoms with E-state index in [1.807, 2.05) is 0 Å². The zero-order valence-corrected chi connectivity index (χ0v) is 12.7. The van der Waals surface area contributed by atoms with Crippen LogP contribution in [-0.2, 0) is 0 Å². The molecule has 1 aliphatic heterocycles. The van der Waals surface area contributed by atoms with Crippen molar-refractivity contribution in [2.75, 3.05) is 39.1 Å². The standard InChI is InChI=1S/C13H27BrN2/c1-4-6-12(9-14)10-16(3)13-7-5-8-15(2)11-13/h12-13H,4-11H2,1-3H3. The van der Waals surface area contributed by atoms with E-state index in [1.54, 1.807) is 0 Å². The number of hydrogen-bond acceptors (Lipinski definition) is 2. The summed E-state index contributed by atoms with van der Waals surface area (Å²) in [6, 6.07) is 0.775. The van der Waals surface area contributed by atoms with E-state index in [1.165, 1.54) is 45.3 Å². The second-order valence-corrected chi connectivity index (χ2v) is 5.95. The van der Waals surface area contributed by atoms with E-state index in [0.717, 1.165) is 17.3 Å². The van der Waals surface area contributed by atoms with Crippen LogP contribution in [0.4, 0.5) is 0 Å². The van der Waals surface area contributed by atoms with Crippen LogP contribution < -0.4 is 0 Å². The van der Waals surface area contributed by atoms with Crippen LogP contribution >= 0.6 is 15.9 Å². The predicted molar refractivity (Wildman–Crippen MR) is 75.3 cm³/mol. The SMILES string of the molecule is CCCC(CBr)CN(C)C1CCCN(C)C1. The molecule has 1 rings (SSSR count). The maximum Gasteiger partial charge on any atom is 0.0220 e. The summed E-state index contributed by atoms with van der Waals surface area (Å²) in [7, 11) is 4.54. The minimum atomic E-state index is 0.775. The van der Waals surface area contributed by atoms with Crippen LogP contribution in [0.25, 0.3) is 0 Å². The summed E-state index contributed by atoms with van der Waals surface area (Å²) < 4.78 is 0. The number of hydrogen-bond donors (Lipinski definition) is 0. The van der Waals surface area contributed by atoms with Gasteiger partial charge in [-0.3, -0.25) is 0 Å². The molecular weight excluding hydrogens is 264 g/mol. The van der Waals surface area contributed by atoms with Crippen molar-refractivity contribution >= 4 is 15.9 Å². The van der Waals surface area contributed by atoms with E-state index in [2.05, 4.69) is 46.7 Å². The van der Waals surface area contributed by atoms with Gasteiger partial charge < -0.3 is 9.80 Å². The topological polar surface area (TPSA) is 6.48 Å².